The highest BCUT2D eigenvalue weighted by Crippen LogP contribution is 2.49. The molecule has 0 aliphatic heterocycles. The summed E-state index contributed by atoms with van der Waals surface area (Å²) in [7, 11) is -10.8. The van der Waals surface area contributed by atoms with E-state index in [1.54, 1.807) is 24.3 Å². The number of allylic oxidation sites excluding steroid dienone is 20. The number of rotatable bonds is 39. The summed E-state index contributed by atoms with van der Waals surface area (Å²) in [5.74, 6) is -1.44. The Kier molecular flexibility index (Phi) is 38.1. The second-order valence-electron chi connectivity index (χ2n) is 16.6. The molecule has 0 saturated heterocycles. The minimum absolute atomic E-state index is 0.0519. The summed E-state index contributed by atoms with van der Waals surface area (Å²) in [6, 6.07) is 0. The number of esters is 2. The molecule has 0 heterocycles. The van der Waals surface area contributed by atoms with Gasteiger partial charge in [0.1, 0.15) is 43.2 Å². The number of phosphoric ester groups is 2. The molecule has 1 aliphatic rings. The lowest BCUT2D eigenvalue weighted by molar-refractivity contribution is -0.216. The zero-order valence-electron chi connectivity index (χ0n) is 41.9. The average molecular weight is 1050 g/mol. The van der Waals surface area contributed by atoms with Crippen LogP contribution in [0.3, 0.4) is 0 Å². The zero-order valence-corrected chi connectivity index (χ0v) is 43.7. The van der Waals surface area contributed by atoms with E-state index in [9.17, 15) is 58.9 Å². The van der Waals surface area contributed by atoms with Crippen molar-refractivity contribution in [3.63, 3.8) is 0 Å². The van der Waals surface area contributed by atoms with Gasteiger partial charge in [-0.2, -0.15) is 0 Å². The molecule has 0 bridgehead atoms. The Morgan fingerprint density at radius 3 is 1.53 bits per heavy atom. The summed E-state index contributed by atoms with van der Waals surface area (Å²) in [6.07, 6.45) is 40.2. The molecule has 17 nitrogen and oxygen atoms in total. The van der Waals surface area contributed by atoms with E-state index in [2.05, 4.69) is 67.0 Å². The molecule has 8 N–H and O–H groups in total. The van der Waals surface area contributed by atoms with Crippen LogP contribution in [0, 0.1) is 0 Å². The maximum Gasteiger partial charge on any atom is 0.472 e. The average Bonchev–Trinajstić information content (AvgIpc) is 3.33. The minimum Gasteiger partial charge on any atom is -0.462 e. The highest BCUT2D eigenvalue weighted by Gasteiger charge is 2.54. The fourth-order valence-corrected chi connectivity index (χ4v) is 8.01. The number of carbonyl (C=O) groups excluding carboxylic acids is 2. The summed E-state index contributed by atoms with van der Waals surface area (Å²) < 4.78 is 49.2. The summed E-state index contributed by atoms with van der Waals surface area (Å²) in [5, 5.41) is 51.3. The third kappa shape index (κ3) is 35.3. The number of phosphoric acid groups is 2. The van der Waals surface area contributed by atoms with Gasteiger partial charge in [0.05, 0.1) is 12.7 Å². The van der Waals surface area contributed by atoms with Crippen LogP contribution in [0.25, 0.3) is 0 Å². The van der Waals surface area contributed by atoms with E-state index in [0.29, 0.717) is 32.1 Å². The third-order valence-electron chi connectivity index (χ3n) is 10.3. The summed E-state index contributed by atoms with van der Waals surface area (Å²) in [6.45, 7) is 2.77. The van der Waals surface area contributed by atoms with Gasteiger partial charge in [-0.1, -0.05) is 160 Å². The minimum atomic E-state index is -5.39. The molecule has 0 amide bonds. The van der Waals surface area contributed by atoms with Gasteiger partial charge in [0, 0.05) is 12.8 Å². The molecular formula is C53H82O17P2. The fourth-order valence-electron chi connectivity index (χ4n) is 6.47. The van der Waals surface area contributed by atoms with Crippen LogP contribution in [0.1, 0.15) is 123 Å². The first-order chi connectivity index (χ1) is 34.5. The summed E-state index contributed by atoms with van der Waals surface area (Å²) in [4.78, 5) is 54.3. The Labute approximate surface area is 426 Å². The second-order valence-corrected chi connectivity index (χ2v) is 19.2. The monoisotopic (exact) mass is 1050 g/mol. The Morgan fingerprint density at radius 1 is 0.528 bits per heavy atom. The molecule has 9 atom stereocenters. The fraction of sp³-hybridized carbons (Fsp3) is 0.547. The van der Waals surface area contributed by atoms with E-state index < -0.39 is 89.6 Å². The molecule has 1 aliphatic carbocycles. The molecule has 0 spiro atoms. The normalized spacial score (nSPS) is 22.3. The van der Waals surface area contributed by atoms with Gasteiger partial charge in [0.2, 0.25) is 0 Å². The van der Waals surface area contributed by atoms with Gasteiger partial charge in [-0.15, -0.1) is 0 Å². The maximum absolute atomic E-state index is 13.0. The SMILES string of the molecule is CC/C=C\C/C=C\CC(O)/C=C/C=C\C/C=C\C/C=C\CCC(=O)OC[C@H](COP(=O)(O)O[C@H]1C(O)C(O)C(O)[C@@H](OP(=O)(O)O)C1O)OC(=O)CC/C=C\C/C=C\C/C=C\C/C=C\C/C=C\CCCCC. The van der Waals surface area contributed by atoms with E-state index in [-0.39, 0.29) is 19.3 Å². The van der Waals surface area contributed by atoms with Crippen molar-refractivity contribution in [3.05, 3.63) is 134 Å². The maximum atomic E-state index is 13.0. The van der Waals surface area contributed by atoms with Gasteiger partial charge in [-0.05, 0) is 83.5 Å². The van der Waals surface area contributed by atoms with Gasteiger partial charge in [-0.3, -0.25) is 23.2 Å². The van der Waals surface area contributed by atoms with E-state index in [4.69, 9.17) is 18.5 Å². The van der Waals surface area contributed by atoms with Crippen LogP contribution in [-0.2, 0) is 41.8 Å². The van der Waals surface area contributed by atoms with Gasteiger partial charge in [-0.25, -0.2) is 9.13 Å². The van der Waals surface area contributed by atoms with Gasteiger partial charge in [0.15, 0.2) is 6.10 Å². The first kappa shape index (κ1) is 66.1. The Morgan fingerprint density at radius 2 is 1.00 bits per heavy atom. The lowest BCUT2D eigenvalue weighted by Gasteiger charge is -2.43. The highest BCUT2D eigenvalue weighted by atomic mass is 31.2. The largest absolute Gasteiger partial charge is 0.472 e. The number of hydrogen-bond donors (Lipinski definition) is 8. The van der Waals surface area contributed by atoms with Crippen LogP contribution in [0.4, 0.5) is 0 Å². The Hall–Kier alpha value is -3.90. The van der Waals surface area contributed by atoms with E-state index in [1.165, 1.54) is 19.3 Å². The molecule has 0 aromatic heterocycles. The summed E-state index contributed by atoms with van der Waals surface area (Å²) >= 11 is 0. The molecule has 0 aromatic carbocycles. The van der Waals surface area contributed by atoms with Crippen LogP contribution in [0.15, 0.2) is 134 Å². The van der Waals surface area contributed by atoms with Crippen molar-refractivity contribution in [2.45, 2.75) is 172 Å². The molecule has 1 fully saturated rings. The molecule has 1 rings (SSSR count). The van der Waals surface area contributed by atoms with Gasteiger partial charge >= 0.3 is 27.6 Å². The van der Waals surface area contributed by atoms with Crippen molar-refractivity contribution in [3.8, 4) is 0 Å². The molecule has 0 radical (unpaired) electrons. The number of aliphatic hydroxyl groups excluding tert-OH is 5. The van der Waals surface area contributed by atoms with Crippen molar-refractivity contribution in [1.82, 2.24) is 0 Å². The smallest absolute Gasteiger partial charge is 0.462 e. The standard InChI is InChI=1S/C53H82O17P2/c1-3-5-7-9-11-12-13-14-15-16-17-18-19-20-21-26-29-33-37-41-47(56)68-45(43-67-72(64,65)70-53-50(59)48(57)49(58)52(51(53)60)69-71(61,62)63)42-66-46(55)40-36-32-28-25-23-22-24-27-31-35-39-44(54)38-34-30-10-8-6-4-2/h6,8,11-12,14-15,17-18,20-23,27-35,39,44-45,48-54,57-60H,3-5,7,9-10,13,16,19,24-26,36-38,40-43H2,1-2H3,(H,64,65)(H2,61,62,63)/b8-6-,12-11-,15-14-,18-17-,21-20-,23-22-,31-27-,32-28-,33-29-,34-30-,39-35+/t44?,45-,48?,49?,50?,51?,52-,53+/m1/s1. The molecular weight excluding hydrogens is 971 g/mol. The number of ether oxygens (including phenoxy) is 2. The lowest BCUT2D eigenvalue weighted by Crippen LogP contribution is -2.64. The first-order valence-corrected chi connectivity index (χ1v) is 27.9. The van der Waals surface area contributed by atoms with E-state index in [0.717, 1.165) is 38.5 Å². The molecule has 19 heteroatoms. The van der Waals surface area contributed by atoms with Crippen molar-refractivity contribution < 1.29 is 82.0 Å². The number of unbranched alkanes of at least 4 members (excludes halogenated alkanes) is 3. The highest BCUT2D eigenvalue weighted by molar-refractivity contribution is 7.47. The van der Waals surface area contributed by atoms with Crippen molar-refractivity contribution in [1.29, 1.82) is 0 Å². The van der Waals surface area contributed by atoms with E-state index in [1.807, 2.05) is 60.8 Å². The van der Waals surface area contributed by atoms with Crippen LogP contribution in [-0.4, -0.2) is 114 Å². The quantitative estimate of drug-likeness (QED) is 0.00937. The van der Waals surface area contributed by atoms with Crippen molar-refractivity contribution >= 4 is 27.6 Å². The predicted octanol–water partition coefficient (Wildman–Crippen LogP) is 9.03. The van der Waals surface area contributed by atoms with Crippen LogP contribution >= 0.6 is 15.6 Å². The van der Waals surface area contributed by atoms with Crippen LogP contribution < -0.4 is 0 Å². The number of hydrogen-bond acceptors (Lipinski definition) is 14. The van der Waals surface area contributed by atoms with Crippen LogP contribution in [0.5, 0.6) is 0 Å². The molecule has 406 valence electrons. The number of carbonyl (C=O) groups is 2. The molecule has 1 saturated carbocycles. The molecule has 72 heavy (non-hydrogen) atoms. The van der Waals surface area contributed by atoms with Crippen LogP contribution in [0.2, 0.25) is 0 Å². The Balaban J connectivity index is 2.71. The van der Waals surface area contributed by atoms with E-state index >= 15 is 0 Å². The Bertz CT molecular complexity index is 1910. The topological polar surface area (TPSA) is 276 Å². The predicted molar refractivity (Wildman–Crippen MR) is 279 cm³/mol. The molecule has 6 unspecified atom stereocenters. The van der Waals surface area contributed by atoms with Crippen molar-refractivity contribution in [2.24, 2.45) is 0 Å². The lowest BCUT2D eigenvalue weighted by atomic mass is 9.85. The third-order valence-corrected chi connectivity index (χ3v) is 11.8. The zero-order chi connectivity index (χ0) is 53.3. The first-order valence-electron chi connectivity index (χ1n) is 24.8. The van der Waals surface area contributed by atoms with Crippen molar-refractivity contribution in [2.75, 3.05) is 13.2 Å². The molecule has 0 aromatic rings. The summed E-state index contributed by atoms with van der Waals surface area (Å²) in [5.41, 5.74) is 0. The number of aliphatic hydroxyl groups is 5. The van der Waals surface area contributed by atoms with Gasteiger partial charge in [0.25, 0.3) is 0 Å². The second kappa shape index (κ2) is 41.5. The van der Waals surface area contributed by atoms with Gasteiger partial charge < -0.3 is 49.7 Å².